The molecule has 0 heterocycles. The highest BCUT2D eigenvalue weighted by Crippen LogP contribution is 2.14. The molecule has 1 amide bonds. The third-order valence-electron chi connectivity index (χ3n) is 3.26. The molecule has 0 atom stereocenters. The molecule has 0 aliphatic heterocycles. The highest BCUT2D eigenvalue weighted by atomic mass is 32.2. The summed E-state index contributed by atoms with van der Waals surface area (Å²) in [5, 5.41) is 11.3. The second-order valence-corrected chi connectivity index (χ2v) is 7.37. The van der Waals surface area contributed by atoms with E-state index in [0.29, 0.717) is 5.69 Å². The summed E-state index contributed by atoms with van der Waals surface area (Å²) in [6.07, 6.45) is -0.316. The van der Waals surface area contributed by atoms with E-state index in [0.717, 1.165) is 0 Å². The second kappa shape index (κ2) is 10.2. The third-order valence-corrected chi connectivity index (χ3v) is 4.73. The third kappa shape index (κ3) is 7.18. The maximum absolute atomic E-state index is 12.2. The molecule has 0 spiro atoms. The Bertz CT molecular complexity index is 925. The van der Waals surface area contributed by atoms with Crippen LogP contribution >= 0.6 is 0 Å². The summed E-state index contributed by atoms with van der Waals surface area (Å²) in [7, 11) is -3.87. The number of sulfonamides is 1. The summed E-state index contributed by atoms with van der Waals surface area (Å²) in [5.74, 6) is -1.84. The van der Waals surface area contributed by atoms with Gasteiger partial charge < -0.3 is 15.8 Å². The highest BCUT2D eigenvalue weighted by molar-refractivity contribution is 7.89. The van der Waals surface area contributed by atoms with Crippen molar-refractivity contribution in [1.82, 2.24) is 4.72 Å². The summed E-state index contributed by atoms with van der Waals surface area (Å²) in [5.41, 5.74) is 5.53. The Morgan fingerprint density at radius 2 is 1.79 bits per heavy atom. The van der Waals surface area contributed by atoms with Gasteiger partial charge in [0.25, 0.3) is 0 Å². The highest BCUT2D eigenvalue weighted by Gasteiger charge is 2.16. The number of hydrogen-bond acceptors (Lipinski definition) is 8. The number of hydrogen-bond donors (Lipinski definition) is 3. The van der Waals surface area contributed by atoms with Crippen LogP contribution in [-0.4, -0.2) is 39.2 Å². The molecule has 0 bridgehead atoms. The number of anilines is 1. The maximum atomic E-state index is 12.2. The van der Waals surface area contributed by atoms with Crippen LogP contribution < -0.4 is 15.8 Å². The number of benzene rings is 1. The molecule has 0 radical (unpaired) electrons. The van der Waals surface area contributed by atoms with E-state index >= 15 is 0 Å². The van der Waals surface area contributed by atoms with Crippen molar-refractivity contribution in [2.45, 2.75) is 25.2 Å². The first-order valence-corrected chi connectivity index (χ1v) is 9.47. The van der Waals surface area contributed by atoms with E-state index in [-0.39, 0.29) is 35.0 Å². The summed E-state index contributed by atoms with van der Waals surface area (Å²) in [6.45, 7) is 1.79. The molecule has 1 rings (SSSR count). The number of ketones is 1. The van der Waals surface area contributed by atoms with Crippen LogP contribution in [0.25, 0.3) is 0 Å². The SMILES string of the molecule is CC(=O)Nc1ccc(S(=O)(=O)NCCC(=O)OCC(=O)C(C#N)=C(C)N)cc1. The van der Waals surface area contributed by atoms with Crippen molar-refractivity contribution in [3.05, 3.63) is 35.5 Å². The molecule has 0 fully saturated rings. The van der Waals surface area contributed by atoms with Crippen LogP contribution in [0.1, 0.15) is 20.3 Å². The van der Waals surface area contributed by atoms with Crippen molar-refractivity contribution in [3.63, 3.8) is 0 Å². The minimum absolute atomic E-state index is 0.0147. The first-order chi connectivity index (χ1) is 13.1. The number of nitrogens with one attached hydrogen (secondary N) is 2. The van der Waals surface area contributed by atoms with Crippen molar-refractivity contribution < 1.29 is 27.5 Å². The lowest BCUT2D eigenvalue weighted by atomic mass is 10.1. The van der Waals surface area contributed by atoms with Crippen molar-refractivity contribution in [2.75, 3.05) is 18.5 Å². The number of Topliss-reactive ketones (excluding diaryl/α,β-unsaturated/α-hetero) is 1. The Morgan fingerprint density at radius 3 is 2.29 bits per heavy atom. The van der Waals surface area contributed by atoms with E-state index in [1.165, 1.54) is 38.1 Å². The van der Waals surface area contributed by atoms with E-state index < -0.39 is 28.4 Å². The smallest absolute Gasteiger partial charge is 0.307 e. The van der Waals surface area contributed by atoms with Gasteiger partial charge in [-0.15, -0.1) is 0 Å². The summed E-state index contributed by atoms with van der Waals surface area (Å²) in [6, 6.07) is 7.07. The molecule has 28 heavy (non-hydrogen) atoms. The molecule has 1 aromatic carbocycles. The molecule has 0 aromatic heterocycles. The van der Waals surface area contributed by atoms with Crippen molar-refractivity contribution >= 4 is 33.4 Å². The molecule has 0 unspecified atom stereocenters. The van der Waals surface area contributed by atoms with Crippen LogP contribution in [0, 0.1) is 11.3 Å². The molecule has 11 heteroatoms. The van der Waals surface area contributed by atoms with Crippen LogP contribution in [-0.2, 0) is 29.1 Å². The van der Waals surface area contributed by atoms with E-state index in [1.54, 1.807) is 6.07 Å². The standard InChI is InChI=1S/C17H20N4O6S/c1-11(19)15(9-18)16(23)10-27-17(24)7-8-20-28(25,26)14-5-3-13(4-6-14)21-12(2)22/h3-6,20H,7-8,10,19H2,1-2H3,(H,21,22). The van der Waals surface area contributed by atoms with Gasteiger partial charge in [0.1, 0.15) is 11.6 Å². The predicted molar refractivity (Wildman–Crippen MR) is 99.0 cm³/mol. The van der Waals surface area contributed by atoms with Gasteiger partial charge in [0.05, 0.1) is 11.3 Å². The number of nitrogens with zero attached hydrogens (tertiary/aromatic N) is 1. The van der Waals surface area contributed by atoms with Crippen LogP contribution in [0.2, 0.25) is 0 Å². The molecule has 0 saturated carbocycles. The van der Waals surface area contributed by atoms with Crippen molar-refractivity contribution in [3.8, 4) is 6.07 Å². The topological polar surface area (TPSA) is 168 Å². The van der Waals surface area contributed by atoms with E-state index in [1.807, 2.05) is 0 Å². The lowest BCUT2D eigenvalue weighted by molar-refractivity contribution is -0.146. The molecule has 4 N–H and O–H groups in total. The van der Waals surface area contributed by atoms with E-state index in [4.69, 9.17) is 15.7 Å². The Hall–Kier alpha value is -3.23. The first kappa shape index (κ1) is 22.8. The fourth-order valence-corrected chi connectivity index (χ4v) is 2.98. The van der Waals surface area contributed by atoms with Crippen molar-refractivity contribution in [1.29, 1.82) is 5.26 Å². The van der Waals surface area contributed by atoms with Crippen LogP contribution in [0.5, 0.6) is 0 Å². The second-order valence-electron chi connectivity index (χ2n) is 5.61. The maximum Gasteiger partial charge on any atom is 0.307 e. The average molecular weight is 408 g/mol. The first-order valence-electron chi connectivity index (χ1n) is 7.99. The molecular weight excluding hydrogens is 388 g/mol. The predicted octanol–water partition coefficient (Wildman–Crippen LogP) is 0.182. The van der Waals surface area contributed by atoms with Gasteiger partial charge >= 0.3 is 5.97 Å². The van der Waals surface area contributed by atoms with Gasteiger partial charge in [-0.05, 0) is 31.2 Å². The largest absolute Gasteiger partial charge is 0.457 e. The minimum atomic E-state index is -3.87. The number of allylic oxidation sites excluding steroid dienone is 1. The van der Waals surface area contributed by atoms with Crippen LogP contribution in [0.4, 0.5) is 5.69 Å². The van der Waals surface area contributed by atoms with Gasteiger partial charge in [-0.1, -0.05) is 0 Å². The van der Waals surface area contributed by atoms with Crippen molar-refractivity contribution in [2.24, 2.45) is 5.73 Å². The number of amides is 1. The molecule has 1 aromatic rings. The zero-order chi connectivity index (χ0) is 21.3. The fourth-order valence-electron chi connectivity index (χ4n) is 1.95. The van der Waals surface area contributed by atoms with Gasteiger partial charge in [0.15, 0.2) is 6.61 Å². The molecule has 10 nitrogen and oxygen atoms in total. The lowest BCUT2D eigenvalue weighted by Gasteiger charge is -2.08. The molecular formula is C17H20N4O6S. The number of ether oxygens (including phenoxy) is 1. The quantitative estimate of drug-likeness (QED) is 0.295. The lowest BCUT2D eigenvalue weighted by Crippen LogP contribution is -2.27. The van der Waals surface area contributed by atoms with E-state index in [9.17, 15) is 22.8 Å². The summed E-state index contributed by atoms with van der Waals surface area (Å²) >= 11 is 0. The number of carbonyl (C=O) groups excluding carboxylic acids is 3. The Kier molecular flexibility index (Phi) is 8.30. The molecule has 0 aliphatic carbocycles. The van der Waals surface area contributed by atoms with Gasteiger partial charge in [-0.2, -0.15) is 5.26 Å². The summed E-state index contributed by atoms with van der Waals surface area (Å²) in [4.78, 5) is 34.2. The number of nitriles is 1. The summed E-state index contributed by atoms with van der Waals surface area (Å²) < 4.78 is 31.2. The van der Waals surface area contributed by atoms with Gasteiger partial charge in [-0.25, -0.2) is 13.1 Å². The molecule has 150 valence electrons. The van der Waals surface area contributed by atoms with Gasteiger partial charge in [0.2, 0.25) is 21.7 Å². The van der Waals surface area contributed by atoms with Crippen LogP contribution in [0.3, 0.4) is 0 Å². The molecule has 0 saturated heterocycles. The normalized spacial score (nSPS) is 11.8. The number of nitrogens with two attached hydrogens (primary N) is 1. The van der Waals surface area contributed by atoms with E-state index in [2.05, 4.69) is 10.0 Å². The zero-order valence-electron chi connectivity index (χ0n) is 15.3. The number of rotatable bonds is 9. The number of esters is 1. The minimum Gasteiger partial charge on any atom is -0.457 e. The monoisotopic (exact) mass is 408 g/mol. The fraction of sp³-hybridized carbons (Fsp3) is 0.294. The van der Waals surface area contributed by atoms with Crippen LogP contribution in [0.15, 0.2) is 40.4 Å². The Balaban J connectivity index is 2.52. The number of carbonyl (C=O) groups is 3. The zero-order valence-corrected chi connectivity index (χ0v) is 16.1. The Labute approximate surface area is 162 Å². The molecule has 0 aliphatic rings. The Morgan fingerprint density at radius 1 is 1.18 bits per heavy atom. The average Bonchev–Trinajstić information content (AvgIpc) is 2.60. The van der Waals surface area contributed by atoms with Gasteiger partial charge in [0, 0.05) is 24.9 Å². The van der Waals surface area contributed by atoms with Gasteiger partial charge in [-0.3, -0.25) is 14.4 Å².